The van der Waals surface area contributed by atoms with Crippen LogP contribution in [0.5, 0.6) is 5.75 Å². The maximum Gasteiger partial charge on any atom is 0.573 e. The van der Waals surface area contributed by atoms with Crippen LogP contribution in [0.1, 0.15) is 18.9 Å². The average molecular weight is 382 g/mol. The van der Waals surface area contributed by atoms with Gasteiger partial charge in [0.25, 0.3) is 0 Å². The van der Waals surface area contributed by atoms with Gasteiger partial charge in [0.1, 0.15) is 5.75 Å². The molecule has 0 amide bonds. The fraction of sp³-hybridized carbons (Fsp3) is 0.278. The SMILES string of the molecule is CC(=O)SCCCc1ccc(N=Nc2ccc(OC(F)(F)F)cc2)cc1. The summed E-state index contributed by atoms with van der Waals surface area (Å²) in [5.74, 6) is 0.494. The number of aryl methyl sites for hydroxylation is 1. The zero-order valence-electron chi connectivity index (χ0n) is 14.0. The smallest absolute Gasteiger partial charge is 0.406 e. The van der Waals surface area contributed by atoms with Gasteiger partial charge in [-0.2, -0.15) is 10.2 Å². The Morgan fingerprint density at radius 3 is 2.04 bits per heavy atom. The van der Waals surface area contributed by atoms with E-state index < -0.39 is 6.36 Å². The van der Waals surface area contributed by atoms with Gasteiger partial charge in [0, 0.05) is 12.7 Å². The molecule has 0 aliphatic rings. The molecule has 0 saturated carbocycles. The van der Waals surface area contributed by atoms with E-state index in [2.05, 4.69) is 15.0 Å². The average Bonchev–Trinajstić information content (AvgIpc) is 2.58. The lowest BCUT2D eigenvalue weighted by atomic mass is 10.1. The molecule has 2 aromatic rings. The largest absolute Gasteiger partial charge is 0.573 e. The molecule has 8 heteroatoms. The fourth-order valence-corrected chi connectivity index (χ4v) is 2.63. The standard InChI is InChI=1S/C18H17F3N2O2S/c1-13(24)26-12-2-3-14-4-6-15(7-5-14)22-23-16-8-10-17(11-9-16)25-18(19,20)21/h4-11H,2-3,12H2,1H3. The number of ether oxygens (including phenoxy) is 1. The molecule has 0 unspecified atom stereocenters. The van der Waals surface area contributed by atoms with E-state index >= 15 is 0 Å². The van der Waals surface area contributed by atoms with Gasteiger partial charge in [-0.15, -0.1) is 13.2 Å². The molecule has 0 N–H and O–H groups in total. The van der Waals surface area contributed by atoms with Crippen LogP contribution in [0.15, 0.2) is 58.8 Å². The number of thioether (sulfide) groups is 1. The van der Waals surface area contributed by atoms with Crippen molar-refractivity contribution in [3.63, 3.8) is 0 Å². The number of nitrogens with zero attached hydrogens (tertiary/aromatic N) is 2. The van der Waals surface area contributed by atoms with Gasteiger partial charge in [-0.1, -0.05) is 23.9 Å². The maximum absolute atomic E-state index is 12.1. The molecule has 0 atom stereocenters. The van der Waals surface area contributed by atoms with Crippen molar-refractivity contribution in [2.24, 2.45) is 10.2 Å². The summed E-state index contributed by atoms with van der Waals surface area (Å²) in [5.41, 5.74) is 2.20. The van der Waals surface area contributed by atoms with Crippen LogP contribution in [0.4, 0.5) is 24.5 Å². The molecule has 0 aliphatic heterocycles. The third kappa shape index (κ3) is 7.69. The number of hydrogen-bond acceptors (Lipinski definition) is 5. The second-order valence-electron chi connectivity index (χ2n) is 5.35. The number of halogens is 3. The lowest BCUT2D eigenvalue weighted by molar-refractivity contribution is -0.274. The van der Waals surface area contributed by atoms with Crippen molar-refractivity contribution in [2.75, 3.05) is 5.75 Å². The summed E-state index contributed by atoms with van der Waals surface area (Å²) < 4.78 is 40.1. The first-order valence-corrected chi connectivity index (χ1v) is 8.80. The van der Waals surface area contributed by atoms with E-state index in [4.69, 9.17) is 0 Å². The van der Waals surface area contributed by atoms with E-state index in [1.807, 2.05) is 24.3 Å². The van der Waals surface area contributed by atoms with E-state index in [0.29, 0.717) is 11.4 Å². The lowest BCUT2D eigenvalue weighted by Gasteiger charge is -2.08. The number of carbonyl (C=O) groups excluding carboxylic acids is 1. The predicted octanol–water partition coefficient (Wildman–Crippen LogP) is 6.21. The van der Waals surface area contributed by atoms with Gasteiger partial charge in [-0.05, 0) is 54.8 Å². The Kier molecular flexibility index (Phi) is 7.20. The molecule has 26 heavy (non-hydrogen) atoms. The van der Waals surface area contributed by atoms with Crippen LogP contribution in [0.25, 0.3) is 0 Å². The second-order valence-corrected chi connectivity index (χ2v) is 6.62. The number of hydrogen-bond donors (Lipinski definition) is 0. The summed E-state index contributed by atoms with van der Waals surface area (Å²) in [5, 5.41) is 8.16. The zero-order chi connectivity index (χ0) is 19.0. The van der Waals surface area contributed by atoms with Gasteiger partial charge in [-0.3, -0.25) is 4.79 Å². The molecular formula is C18H17F3N2O2S. The molecule has 2 rings (SSSR count). The molecule has 0 spiro atoms. The van der Waals surface area contributed by atoms with Crippen molar-refractivity contribution in [3.8, 4) is 5.75 Å². The Morgan fingerprint density at radius 1 is 1.00 bits per heavy atom. The lowest BCUT2D eigenvalue weighted by Crippen LogP contribution is -2.16. The van der Waals surface area contributed by atoms with Crippen molar-refractivity contribution in [3.05, 3.63) is 54.1 Å². The van der Waals surface area contributed by atoms with Crippen LogP contribution in [-0.4, -0.2) is 17.2 Å². The van der Waals surface area contributed by atoms with Crippen LogP contribution < -0.4 is 4.74 Å². The van der Waals surface area contributed by atoms with E-state index in [9.17, 15) is 18.0 Å². The molecule has 0 heterocycles. The summed E-state index contributed by atoms with van der Waals surface area (Å²) in [6, 6.07) is 12.7. The monoisotopic (exact) mass is 382 g/mol. The van der Waals surface area contributed by atoms with Crippen LogP contribution in [-0.2, 0) is 11.2 Å². The molecule has 0 aromatic heterocycles. The number of carbonyl (C=O) groups is 1. The van der Waals surface area contributed by atoms with Crippen molar-refractivity contribution in [2.45, 2.75) is 26.1 Å². The van der Waals surface area contributed by atoms with Gasteiger partial charge in [0.2, 0.25) is 0 Å². The first-order valence-electron chi connectivity index (χ1n) is 7.82. The topological polar surface area (TPSA) is 51.0 Å². The molecule has 138 valence electrons. The first-order chi connectivity index (χ1) is 12.3. The molecule has 0 saturated heterocycles. The second kappa shape index (κ2) is 9.38. The van der Waals surface area contributed by atoms with Crippen LogP contribution in [0.3, 0.4) is 0 Å². The Bertz CT molecular complexity index is 745. The molecule has 2 aromatic carbocycles. The van der Waals surface area contributed by atoms with Gasteiger partial charge in [-0.25, -0.2) is 0 Å². The number of alkyl halides is 3. The number of azo groups is 1. The van der Waals surface area contributed by atoms with Gasteiger partial charge < -0.3 is 4.74 Å². The maximum atomic E-state index is 12.1. The first kappa shape index (κ1) is 20.0. The van der Waals surface area contributed by atoms with Crippen LogP contribution in [0.2, 0.25) is 0 Å². The highest BCUT2D eigenvalue weighted by Crippen LogP contribution is 2.26. The van der Waals surface area contributed by atoms with Gasteiger partial charge in [0.05, 0.1) is 11.4 Å². The van der Waals surface area contributed by atoms with Crippen molar-refractivity contribution < 1.29 is 22.7 Å². The number of rotatable bonds is 7. The minimum absolute atomic E-state index is 0.124. The third-order valence-electron chi connectivity index (χ3n) is 3.20. The van der Waals surface area contributed by atoms with Crippen LogP contribution >= 0.6 is 11.8 Å². The zero-order valence-corrected chi connectivity index (χ0v) is 14.8. The van der Waals surface area contributed by atoms with Gasteiger partial charge >= 0.3 is 6.36 Å². The Morgan fingerprint density at radius 2 is 1.54 bits per heavy atom. The number of benzene rings is 2. The van der Waals surface area contributed by atoms with E-state index in [1.54, 1.807) is 6.92 Å². The summed E-state index contributed by atoms with van der Waals surface area (Å²) in [6.07, 6.45) is -2.93. The summed E-state index contributed by atoms with van der Waals surface area (Å²) >= 11 is 1.32. The Labute approximate surface area is 153 Å². The van der Waals surface area contributed by atoms with Crippen molar-refractivity contribution in [1.29, 1.82) is 0 Å². The molecule has 0 bridgehead atoms. The molecule has 0 fully saturated rings. The molecular weight excluding hydrogens is 365 g/mol. The molecule has 4 nitrogen and oxygen atoms in total. The van der Waals surface area contributed by atoms with E-state index in [-0.39, 0.29) is 10.9 Å². The van der Waals surface area contributed by atoms with Crippen molar-refractivity contribution >= 4 is 28.3 Å². The van der Waals surface area contributed by atoms with Crippen molar-refractivity contribution in [1.82, 2.24) is 0 Å². The highest BCUT2D eigenvalue weighted by Gasteiger charge is 2.30. The Hall–Kier alpha value is -2.35. The highest BCUT2D eigenvalue weighted by molar-refractivity contribution is 8.13. The van der Waals surface area contributed by atoms with Crippen LogP contribution in [0, 0.1) is 0 Å². The van der Waals surface area contributed by atoms with Gasteiger partial charge in [0.15, 0.2) is 5.12 Å². The predicted molar refractivity (Wildman–Crippen MR) is 95.2 cm³/mol. The minimum atomic E-state index is -4.71. The van der Waals surface area contributed by atoms with E-state index in [1.165, 1.54) is 36.0 Å². The summed E-state index contributed by atoms with van der Waals surface area (Å²) in [4.78, 5) is 10.9. The minimum Gasteiger partial charge on any atom is -0.406 e. The quantitative estimate of drug-likeness (QED) is 0.422. The third-order valence-corrected chi connectivity index (χ3v) is 4.10. The Balaban J connectivity index is 1.87. The highest BCUT2D eigenvalue weighted by atomic mass is 32.2. The molecule has 0 aliphatic carbocycles. The molecule has 0 radical (unpaired) electrons. The van der Waals surface area contributed by atoms with E-state index in [0.717, 1.165) is 24.2 Å². The normalized spacial score (nSPS) is 11.7. The summed E-state index contributed by atoms with van der Waals surface area (Å²) in [6.45, 7) is 1.56. The summed E-state index contributed by atoms with van der Waals surface area (Å²) in [7, 11) is 0. The fourth-order valence-electron chi connectivity index (χ4n) is 2.05.